The molecular formula is C28H34O5. The molecule has 5 nitrogen and oxygen atoms in total. The van der Waals surface area contributed by atoms with E-state index in [4.69, 9.17) is 19.0 Å². The molecule has 5 heteroatoms. The first kappa shape index (κ1) is 24.6. The van der Waals surface area contributed by atoms with Crippen LogP contribution in [0.5, 0.6) is 5.75 Å². The summed E-state index contributed by atoms with van der Waals surface area (Å²) >= 11 is 0. The number of aliphatic hydroxyl groups excluding tert-OH is 1. The lowest BCUT2D eigenvalue weighted by Gasteiger charge is -2.35. The third kappa shape index (κ3) is 6.72. The molecule has 0 bridgehead atoms. The van der Waals surface area contributed by atoms with Crippen molar-refractivity contribution in [1.82, 2.24) is 0 Å². The van der Waals surface area contributed by atoms with E-state index in [1.54, 1.807) is 6.92 Å². The van der Waals surface area contributed by atoms with E-state index in [0.29, 0.717) is 17.7 Å². The fraction of sp³-hybridized carbons (Fsp3) is 0.393. The predicted octanol–water partition coefficient (Wildman–Crippen LogP) is 6.47. The van der Waals surface area contributed by atoms with Crippen LogP contribution in [0.2, 0.25) is 0 Å². The number of furan rings is 1. The van der Waals surface area contributed by atoms with Crippen molar-refractivity contribution in [2.75, 3.05) is 6.61 Å². The van der Waals surface area contributed by atoms with E-state index in [9.17, 15) is 4.79 Å². The third-order valence-corrected chi connectivity index (χ3v) is 5.32. The molecular weight excluding hydrogens is 416 g/mol. The van der Waals surface area contributed by atoms with E-state index < -0.39 is 17.2 Å². The van der Waals surface area contributed by atoms with E-state index in [1.165, 1.54) is 5.56 Å². The first-order chi connectivity index (χ1) is 15.5. The van der Waals surface area contributed by atoms with Crippen LogP contribution >= 0.6 is 0 Å². The first-order valence-electron chi connectivity index (χ1n) is 11.3. The lowest BCUT2D eigenvalue weighted by atomic mass is 9.92. The molecule has 0 saturated carbocycles. The molecule has 0 amide bonds. The van der Waals surface area contributed by atoms with E-state index >= 15 is 0 Å². The number of fused-ring (bicyclic) bond motifs is 1. The Labute approximate surface area is 196 Å². The van der Waals surface area contributed by atoms with Crippen molar-refractivity contribution in [3.05, 3.63) is 66.2 Å². The highest BCUT2D eigenvalue weighted by Gasteiger charge is 2.33. The number of ether oxygens (including phenoxy) is 2. The van der Waals surface area contributed by atoms with Gasteiger partial charge in [-0.3, -0.25) is 0 Å². The number of aliphatic hydroxyl groups is 1. The van der Waals surface area contributed by atoms with Gasteiger partial charge in [-0.15, -0.1) is 0 Å². The number of aryl methyl sites for hydroxylation is 1. The molecule has 176 valence electrons. The zero-order chi connectivity index (χ0) is 24.2. The van der Waals surface area contributed by atoms with Crippen LogP contribution in [0.15, 0.2) is 65.1 Å². The van der Waals surface area contributed by atoms with E-state index in [0.717, 1.165) is 35.1 Å². The minimum atomic E-state index is -0.704. The van der Waals surface area contributed by atoms with Gasteiger partial charge in [-0.05, 0) is 71.2 Å². The molecule has 0 radical (unpaired) electrons. The highest BCUT2D eigenvalue weighted by molar-refractivity contribution is 5.87. The Balaban J connectivity index is 1.73. The quantitative estimate of drug-likeness (QED) is 0.283. The molecule has 0 saturated heterocycles. The number of carbonyl (C=O) groups is 1. The third-order valence-electron chi connectivity index (χ3n) is 5.32. The van der Waals surface area contributed by atoms with Gasteiger partial charge >= 0.3 is 5.97 Å². The summed E-state index contributed by atoms with van der Waals surface area (Å²) in [6.07, 6.45) is 2.12. The SMILES string of the molecule is C=C(C)C(=O)OC(C)(C)CC(C)(C)Oc1ccc2cc(-c3ccc(CCCO)cc3)oc2c1. The van der Waals surface area contributed by atoms with E-state index in [1.807, 2.05) is 64.1 Å². The Morgan fingerprint density at radius 3 is 2.36 bits per heavy atom. The van der Waals surface area contributed by atoms with Crippen LogP contribution in [0, 0.1) is 0 Å². The zero-order valence-electron chi connectivity index (χ0n) is 20.2. The van der Waals surface area contributed by atoms with Crippen LogP contribution in [0.3, 0.4) is 0 Å². The van der Waals surface area contributed by atoms with Gasteiger partial charge in [0.15, 0.2) is 0 Å². The summed E-state index contributed by atoms with van der Waals surface area (Å²) in [6, 6.07) is 16.0. The highest BCUT2D eigenvalue weighted by Crippen LogP contribution is 2.33. The van der Waals surface area contributed by atoms with Crippen LogP contribution in [-0.4, -0.2) is 28.9 Å². The molecule has 1 aromatic heterocycles. The zero-order valence-corrected chi connectivity index (χ0v) is 20.2. The van der Waals surface area contributed by atoms with Crippen LogP contribution in [-0.2, 0) is 16.0 Å². The molecule has 0 fully saturated rings. The second-order valence-electron chi connectivity index (χ2n) is 9.80. The standard InChI is InChI=1S/C28H34O5/c1-19(2)26(30)33-28(5,6)18-27(3,4)32-23-14-13-22-16-24(31-25(22)17-23)21-11-9-20(10-12-21)8-7-15-29/h9-14,16-17,29H,1,7-8,15,18H2,2-6H3. The average Bonchev–Trinajstić information content (AvgIpc) is 3.14. The van der Waals surface area contributed by atoms with Crippen molar-refractivity contribution in [2.24, 2.45) is 0 Å². The van der Waals surface area contributed by atoms with Gasteiger partial charge in [-0.1, -0.05) is 30.8 Å². The Morgan fingerprint density at radius 2 is 1.73 bits per heavy atom. The van der Waals surface area contributed by atoms with Crippen molar-refractivity contribution < 1.29 is 23.8 Å². The fourth-order valence-corrected chi connectivity index (χ4v) is 4.09. The molecule has 0 aliphatic rings. The average molecular weight is 451 g/mol. The van der Waals surface area contributed by atoms with Crippen molar-refractivity contribution in [1.29, 1.82) is 0 Å². The van der Waals surface area contributed by atoms with Gasteiger partial charge in [-0.25, -0.2) is 4.79 Å². The number of hydrogen-bond donors (Lipinski definition) is 1. The van der Waals surface area contributed by atoms with Gasteiger partial charge in [0.2, 0.25) is 0 Å². The predicted molar refractivity (Wildman–Crippen MR) is 131 cm³/mol. The largest absolute Gasteiger partial charge is 0.488 e. The molecule has 3 rings (SSSR count). The summed E-state index contributed by atoms with van der Waals surface area (Å²) < 4.78 is 17.9. The lowest BCUT2D eigenvalue weighted by molar-refractivity contribution is -0.155. The molecule has 1 heterocycles. The monoisotopic (exact) mass is 450 g/mol. The van der Waals surface area contributed by atoms with Crippen molar-refractivity contribution >= 4 is 16.9 Å². The number of benzene rings is 2. The molecule has 0 unspecified atom stereocenters. The topological polar surface area (TPSA) is 68.9 Å². The lowest BCUT2D eigenvalue weighted by Crippen LogP contribution is -2.40. The molecule has 0 atom stereocenters. The first-order valence-corrected chi connectivity index (χ1v) is 11.3. The summed E-state index contributed by atoms with van der Waals surface area (Å²) in [6.45, 7) is 13.2. The number of carbonyl (C=O) groups excluding carboxylic acids is 1. The van der Waals surface area contributed by atoms with Gasteiger partial charge in [-0.2, -0.15) is 0 Å². The van der Waals surface area contributed by atoms with E-state index in [2.05, 4.69) is 18.7 Å². The van der Waals surface area contributed by atoms with Crippen LogP contribution < -0.4 is 4.74 Å². The second kappa shape index (κ2) is 9.84. The summed E-state index contributed by atoms with van der Waals surface area (Å²) in [4.78, 5) is 11.9. The minimum Gasteiger partial charge on any atom is -0.488 e. The van der Waals surface area contributed by atoms with Crippen LogP contribution in [0.25, 0.3) is 22.3 Å². The Morgan fingerprint density at radius 1 is 1.03 bits per heavy atom. The highest BCUT2D eigenvalue weighted by atomic mass is 16.6. The van der Waals surface area contributed by atoms with Gasteiger partial charge in [0.1, 0.15) is 28.3 Å². The summed E-state index contributed by atoms with van der Waals surface area (Å²) in [5.74, 6) is 1.08. The normalized spacial score (nSPS) is 12.1. The second-order valence-corrected chi connectivity index (χ2v) is 9.80. The molecule has 0 spiro atoms. The van der Waals surface area contributed by atoms with Gasteiger partial charge in [0, 0.05) is 35.6 Å². The van der Waals surface area contributed by atoms with Crippen molar-refractivity contribution in [3.8, 4) is 17.1 Å². The molecule has 2 aromatic carbocycles. The minimum absolute atomic E-state index is 0.198. The van der Waals surface area contributed by atoms with Crippen molar-refractivity contribution in [2.45, 2.75) is 65.1 Å². The Bertz CT molecular complexity index is 1120. The Kier molecular flexibility index (Phi) is 7.33. The van der Waals surface area contributed by atoms with E-state index in [-0.39, 0.29) is 6.61 Å². The summed E-state index contributed by atoms with van der Waals surface area (Å²) in [7, 11) is 0. The summed E-state index contributed by atoms with van der Waals surface area (Å²) in [5, 5.41) is 9.99. The van der Waals surface area contributed by atoms with Gasteiger partial charge < -0.3 is 19.0 Å². The van der Waals surface area contributed by atoms with Gasteiger partial charge in [0.25, 0.3) is 0 Å². The molecule has 0 aliphatic heterocycles. The number of rotatable bonds is 10. The fourth-order valence-electron chi connectivity index (χ4n) is 4.09. The van der Waals surface area contributed by atoms with Gasteiger partial charge in [0.05, 0.1) is 0 Å². The molecule has 33 heavy (non-hydrogen) atoms. The molecule has 3 aromatic rings. The molecule has 0 aliphatic carbocycles. The maximum Gasteiger partial charge on any atom is 0.333 e. The number of esters is 1. The number of hydrogen-bond acceptors (Lipinski definition) is 5. The maximum absolute atomic E-state index is 11.9. The Hall–Kier alpha value is -3.05. The van der Waals surface area contributed by atoms with Crippen LogP contribution in [0.1, 0.15) is 53.0 Å². The van der Waals surface area contributed by atoms with Crippen LogP contribution in [0.4, 0.5) is 0 Å². The maximum atomic E-state index is 11.9. The smallest absolute Gasteiger partial charge is 0.333 e. The molecule has 1 N–H and O–H groups in total. The van der Waals surface area contributed by atoms with Crippen molar-refractivity contribution in [3.63, 3.8) is 0 Å². The summed E-state index contributed by atoms with van der Waals surface area (Å²) in [5.41, 5.74) is 2.04.